The van der Waals surface area contributed by atoms with Crippen molar-refractivity contribution in [1.29, 1.82) is 5.26 Å². The van der Waals surface area contributed by atoms with Crippen LogP contribution in [0.5, 0.6) is 5.75 Å². The fraction of sp³-hybridized carbons (Fsp3) is 0.471. The van der Waals surface area contributed by atoms with E-state index in [4.69, 9.17) is 10.00 Å². The molecule has 0 aromatic heterocycles. The molecular formula is C17H20N2O3. The van der Waals surface area contributed by atoms with Gasteiger partial charge in [-0.05, 0) is 37.1 Å². The number of nitrogens with zero attached hydrogens (tertiary/aromatic N) is 1. The highest BCUT2D eigenvalue weighted by Gasteiger charge is 2.54. The fourth-order valence-electron chi connectivity index (χ4n) is 2.70. The van der Waals surface area contributed by atoms with Crippen molar-refractivity contribution in [3.05, 3.63) is 29.8 Å². The van der Waals surface area contributed by atoms with Gasteiger partial charge in [0.2, 0.25) is 5.91 Å². The summed E-state index contributed by atoms with van der Waals surface area (Å²) in [4.78, 5) is 23.6. The normalized spacial score (nSPS) is 18.8. The van der Waals surface area contributed by atoms with Gasteiger partial charge in [-0.25, -0.2) is 0 Å². The molecule has 5 heteroatoms. The summed E-state index contributed by atoms with van der Waals surface area (Å²) in [6.45, 7) is 3.96. The van der Waals surface area contributed by atoms with Gasteiger partial charge in [0.05, 0.1) is 6.07 Å². The number of Topliss-reactive ketones (excluding diaryl/α,β-unsaturated/α-hetero) is 1. The van der Waals surface area contributed by atoms with Gasteiger partial charge in [-0.1, -0.05) is 13.8 Å². The van der Waals surface area contributed by atoms with Gasteiger partial charge >= 0.3 is 0 Å². The molecule has 0 unspecified atom stereocenters. The number of benzene rings is 1. The molecule has 1 aliphatic rings. The molecule has 1 saturated heterocycles. The van der Waals surface area contributed by atoms with Gasteiger partial charge in [0.25, 0.3) is 0 Å². The Bertz CT molecular complexity index is 597. The van der Waals surface area contributed by atoms with Crippen LogP contribution in [-0.4, -0.2) is 17.9 Å². The zero-order valence-corrected chi connectivity index (χ0v) is 12.9. The Morgan fingerprint density at radius 1 is 1.32 bits per heavy atom. The number of ether oxygens (including phenoxy) is 1. The molecular weight excluding hydrogens is 280 g/mol. The van der Waals surface area contributed by atoms with Gasteiger partial charge in [0.1, 0.15) is 11.2 Å². The lowest BCUT2D eigenvalue weighted by Gasteiger charge is -2.47. The molecule has 1 amide bonds. The molecule has 116 valence electrons. The van der Waals surface area contributed by atoms with E-state index in [0.29, 0.717) is 11.3 Å². The van der Waals surface area contributed by atoms with Crippen LogP contribution < -0.4 is 10.1 Å². The molecule has 1 aromatic rings. The summed E-state index contributed by atoms with van der Waals surface area (Å²) in [5, 5.41) is 11.3. The molecule has 1 atom stereocenters. The van der Waals surface area contributed by atoms with E-state index < -0.39 is 5.41 Å². The van der Waals surface area contributed by atoms with Crippen LogP contribution in [0.2, 0.25) is 0 Å². The molecule has 1 heterocycles. The van der Waals surface area contributed by atoms with E-state index in [0.717, 1.165) is 12.8 Å². The summed E-state index contributed by atoms with van der Waals surface area (Å²) in [5.41, 5.74) is 0.110. The van der Waals surface area contributed by atoms with Crippen LogP contribution >= 0.6 is 0 Å². The second-order valence-electron chi connectivity index (χ2n) is 5.44. The average Bonchev–Trinajstić information content (AvgIpc) is 2.54. The first-order valence-electron chi connectivity index (χ1n) is 7.55. The standard InChI is InChI=1S/C17H20N2O3/c1-3-17(4-2)15(21)19-16(17)22-13-9-7-12(8-10-13)14(20)6-5-11-18/h7-10,16H,3-6H2,1-2H3,(H,19,21)/t16-/m0/s1. The number of amides is 1. The van der Waals surface area contributed by atoms with Crippen LogP contribution in [0.1, 0.15) is 49.9 Å². The number of nitrogens with one attached hydrogen (secondary N) is 1. The highest BCUT2D eigenvalue weighted by molar-refractivity contribution is 5.96. The summed E-state index contributed by atoms with van der Waals surface area (Å²) in [6.07, 6.45) is 1.58. The minimum atomic E-state index is -0.457. The first-order valence-corrected chi connectivity index (χ1v) is 7.55. The Morgan fingerprint density at radius 2 is 1.95 bits per heavy atom. The second kappa shape index (κ2) is 6.61. The Balaban J connectivity index is 2.02. The molecule has 0 bridgehead atoms. The molecule has 5 nitrogen and oxygen atoms in total. The van der Waals surface area contributed by atoms with Gasteiger partial charge in [-0.2, -0.15) is 5.26 Å². The van der Waals surface area contributed by atoms with Crippen molar-refractivity contribution in [2.45, 2.75) is 45.8 Å². The maximum absolute atomic E-state index is 11.8. The lowest BCUT2D eigenvalue weighted by atomic mass is 9.73. The van der Waals surface area contributed by atoms with Crippen LogP contribution in [0, 0.1) is 16.7 Å². The molecule has 0 saturated carbocycles. The number of nitriles is 1. The number of carbonyl (C=O) groups is 2. The topological polar surface area (TPSA) is 79.2 Å². The molecule has 1 N–H and O–H groups in total. The van der Waals surface area contributed by atoms with Crippen molar-refractivity contribution in [2.75, 3.05) is 0 Å². The van der Waals surface area contributed by atoms with Gasteiger partial charge in [-0.15, -0.1) is 0 Å². The third-order valence-electron chi connectivity index (χ3n) is 4.37. The van der Waals surface area contributed by atoms with E-state index in [1.807, 2.05) is 19.9 Å². The summed E-state index contributed by atoms with van der Waals surface area (Å²) in [7, 11) is 0. The van der Waals surface area contributed by atoms with Crippen molar-refractivity contribution in [2.24, 2.45) is 5.41 Å². The Kier molecular flexibility index (Phi) is 4.81. The molecule has 1 aliphatic heterocycles. The monoisotopic (exact) mass is 300 g/mol. The van der Waals surface area contributed by atoms with Crippen LogP contribution in [0.4, 0.5) is 0 Å². The second-order valence-corrected chi connectivity index (χ2v) is 5.44. The lowest BCUT2D eigenvalue weighted by Crippen LogP contribution is -2.69. The van der Waals surface area contributed by atoms with Gasteiger partial charge in [-0.3, -0.25) is 9.59 Å². The van der Waals surface area contributed by atoms with Gasteiger partial charge in [0.15, 0.2) is 12.0 Å². The smallest absolute Gasteiger partial charge is 0.234 e. The summed E-state index contributed by atoms with van der Waals surface area (Å²) in [5.74, 6) is 0.598. The maximum atomic E-state index is 11.8. The van der Waals surface area contributed by atoms with Gasteiger partial charge < -0.3 is 10.1 Å². The average molecular weight is 300 g/mol. The number of β-lactam (4-membered cyclic amide) rings is 1. The van der Waals surface area contributed by atoms with Crippen LogP contribution in [0.3, 0.4) is 0 Å². The maximum Gasteiger partial charge on any atom is 0.234 e. The third kappa shape index (κ3) is 2.82. The number of hydrogen-bond donors (Lipinski definition) is 1. The van der Waals surface area contributed by atoms with Crippen molar-refractivity contribution in [3.63, 3.8) is 0 Å². The molecule has 1 fully saturated rings. The fourth-order valence-corrected chi connectivity index (χ4v) is 2.70. The third-order valence-corrected chi connectivity index (χ3v) is 4.37. The summed E-state index contributed by atoms with van der Waals surface area (Å²) < 4.78 is 5.84. The first-order chi connectivity index (χ1) is 10.6. The minimum Gasteiger partial charge on any atom is -0.470 e. The van der Waals surface area contributed by atoms with E-state index in [1.165, 1.54) is 0 Å². The Hall–Kier alpha value is -2.35. The molecule has 0 radical (unpaired) electrons. The zero-order chi connectivity index (χ0) is 16.2. The summed E-state index contributed by atoms with van der Waals surface area (Å²) >= 11 is 0. The largest absolute Gasteiger partial charge is 0.470 e. The highest BCUT2D eigenvalue weighted by atomic mass is 16.5. The number of carbonyl (C=O) groups excluding carboxylic acids is 2. The SMILES string of the molecule is CCC1(CC)C(=O)N[C@H]1Oc1ccc(C(=O)CCC#N)cc1. The molecule has 2 rings (SSSR count). The van der Waals surface area contributed by atoms with Crippen LogP contribution in [-0.2, 0) is 4.79 Å². The number of hydrogen-bond acceptors (Lipinski definition) is 4. The molecule has 22 heavy (non-hydrogen) atoms. The molecule has 0 spiro atoms. The quantitative estimate of drug-likeness (QED) is 0.620. The van der Waals surface area contributed by atoms with Crippen molar-refractivity contribution in [1.82, 2.24) is 5.32 Å². The number of ketones is 1. The van der Waals surface area contributed by atoms with Crippen molar-refractivity contribution < 1.29 is 14.3 Å². The molecule has 1 aromatic carbocycles. The Morgan fingerprint density at radius 3 is 2.45 bits per heavy atom. The lowest BCUT2D eigenvalue weighted by molar-refractivity contribution is -0.161. The predicted molar refractivity (Wildman–Crippen MR) is 81.2 cm³/mol. The van der Waals surface area contributed by atoms with Crippen molar-refractivity contribution in [3.8, 4) is 11.8 Å². The van der Waals surface area contributed by atoms with Crippen molar-refractivity contribution >= 4 is 11.7 Å². The van der Waals surface area contributed by atoms with E-state index in [2.05, 4.69) is 5.32 Å². The Labute approximate surface area is 130 Å². The molecule has 0 aliphatic carbocycles. The number of rotatable bonds is 7. The van der Waals surface area contributed by atoms with E-state index in [1.54, 1.807) is 24.3 Å². The minimum absolute atomic E-state index is 0.0331. The first kappa shape index (κ1) is 16.0. The highest BCUT2D eigenvalue weighted by Crippen LogP contribution is 2.39. The van der Waals surface area contributed by atoms with Gasteiger partial charge in [0, 0.05) is 18.4 Å². The van der Waals surface area contributed by atoms with E-state index in [-0.39, 0.29) is 30.8 Å². The zero-order valence-electron chi connectivity index (χ0n) is 12.9. The van der Waals surface area contributed by atoms with E-state index >= 15 is 0 Å². The predicted octanol–water partition coefficient (Wildman–Crippen LogP) is 2.81. The summed E-state index contributed by atoms with van der Waals surface area (Å²) in [6, 6.07) is 8.79. The van der Waals surface area contributed by atoms with Crippen LogP contribution in [0.15, 0.2) is 24.3 Å². The van der Waals surface area contributed by atoms with E-state index in [9.17, 15) is 9.59 Å². The van der Waals surface area contributed by atoms with Crippen LogP contribution in [0.25, 0.3) is 0 Å².